The number of hydrogen-bond donors (Lipinski definition) is 0. The van der Waals surface area contributed by atoms with Crippen molar-refractivity contribution in [3.05, 3.63) is 17.0 Å². The van der Waals surface area contributed by atoms with E-state index in [-0.39, 0.29) is 0 Å². The third-order valence-corrected chi connectivity index (χ3v) is 5.51. The van der Waals surface area contributed by atoms with E-state index in [9.17, 15) is 0 Å². The first-order chi connectivity index (χ1) is 11.8. The molecule has 1 aromatic heterocycles. The zero-order valence-electron chi connectivity index (χ0n) is 14.3. The van der Waals surface area contributed by atoms with Crippen molar-refractivity contribution in [1.82, 2.24) is 14.9 Å². The Morgan fingerprint density at radius 2 is 1.92 bits per heavy atom. The molecule has 0 N–H and O–H groups in total. The van der Waals surface area contributed by atoms with E-state index in [1.807, 2.05) is 6.07 Å². The van der Waals surface area contributed by atoms with E-state index in [0.717, 1.165) is 44.3 Å². The van der Waals surface area contributed by atoms with Gasteiger partial charge in [0, 0.05) is 31.6 Å². The van der Waals surface area contributed by atoms with Gasteiger partial charge in [-0.2, -0.15) is 0 Å². The van der Waals surface area contributed by atoms with Crippen molar-refractivity contribution in [2.75, 3.05) is 44.2 Å². The Balaban J connectivity index is 1.27. The molecule has 2 aliphatic heterocycles. The molecule has 0 bridgehead atoms. The van der Waals surface area contributed by atoms with Crippen LogP contribution in [0, 0.1) is 0 Å². The standard InChI is InChI=1S/C18H27ClN4O/c19-16-12-17(21-18(20-16)14-4-5-14)23-9-6-15(13-23)24-11-10-22-7-2-1-3-8-22/h12,14-15H,1-11,13H2. The van der Waals surface area contributed by atoms with E-state index >= 15 is 0 Å². The molecule has 1 saturated carbocycles. The van der Waals surface area contributed by atoms with Crippen molar-refractivity contribution < 1.29 is 4.74 Å². The molecule has 1 atom stereocenters. The lowest BCUT2D eigenvalue weighted by molar-refractivity contribution is 0.0467. The lowest BCUT2D eigenvalue weighted by Gasteiger charge is -2.26. The fourth-order valence-electron chi connectivity index (χ4n) is 3.71. The highest BCUT2D eigenvalue weighted by atomic mass is 35.5. The average molecular weight is 351 g/mol. The fourth-order valence-corrected chi connectivity index (χ4v) is 3.90. The van der Waals surface area contributed by atoms with Crippen LogP contribution in [0.3, 0.4) is 0 Å². The second-order valence-corrected chi connectivity index (χ2v) is 7.70. The minimum absolute atomic E-state index is 0.313. The van der Waals surface area contributed by atoms with Crippen LogP contribution >= 0.6 is 11.6 Å². The van der Waals surface area contributed by atoms with Crippen molar-refractivity contribution >= 4 is 17.4 Å². The zero-order chi connectivity index (χ0) is 16.4. The molecule has 3 aliphatic rings. The van der Waals surface area contributed by atoms with Crippen LogP contribution < -0.4 is 4.90 Å². The van der Waals surface area contributed by atoms with Gasteiger partial charge >= 0.3 is 0 Å². The quantitative estimate of drug-likeness (QED) is 0.737. The number of hydrogen-bond acceptors (Lipinski definition) is 5. The lowest BCUT2D eigenvalue weighted by atomic mass is 10.1. The Hall–Kier alpha value is -0.910. The lowest BCUT2D eigenvalue weighted by Crippen LogP contribution is -2.34. The summed E-state index contributed by atoms with van der Waals surface area (Å²) in [5, 5.41) is 0.566. The maximum absolute atomic E-state index is 6.19. The molecule has 1 aliphatic carbocycles. The molecule has 2 saturated heterocycles. The number of halogens is 1. The second kappa shape index (κ2) is 7.54. The smallest absolute Gasteiger partial charge is 0.135 e. The largest absolute Gasteiger partial charge is 0.375 e. The van der Waals surface area contributed by atoms with Gasteiger partial charge in [-0.25, -0.2) is 9.97 Å². The number of aromatic nitrogens is 2. The summed E-state index contributed by atoms with van der Waals surface area (Å²) in [7, 11) is 0. The molecule has 132 valence electrons. The highest BCUT2D eigenvalue weighted by Gasteiger charge is 2.29. The SMILES string of the molecule is Clc1cc(N2CCC(OCCN3CCCCC3)C2)nc(C2CC2)n1. The fraction of sp³-hybridized carbons (Fsp3) is 0.778. The second-order valence-electron chi connectivity index (χ2n) is 7.31. The van der Waals surface area contributed by atoms with E-state index < -0.39 is 0 Å². The molecule has 0 aromatic carbocycles. The van der Waals surface area contributed by atoms with Crippen LogP contribution in [0.5, 0.6) is 0 Å². The third kappa shape index (κ3) is 4.19. The molecule has 0 amide bonds. The van der Waals surface area contributed by atoms with Gasteiger partial charge in [-0.3, -0.25) is 0 Å². The Labute approximate surface area is 149 Å². The molecule has 1 unspecified atom stereocenters. The molecule has 0 radical (unpaired) electrons. The summed E-state index contributed by atoms with van der Waals surface area (Å²) in [5.74, 6) is 2.42. The molecular weight excluding hydrogens is 324 g/mol. The van der Waals surface area contributed by atoms with Gasteiger partial charge < -0.3 is 14.5 Å². The summed E-state index contributed by atoms with van der Waals surface area (Å²) >= 11 is 6.19. The molecule has 4 rings (SSSR count). The number of anilines is 1. The summed E-state index contributed by atoms with van der Waals surface area (Å²) < 4.78 is 6.12. The van der Waals surface area contributed by atoms with Crippen molar-refractivity contribution in [3.63, 3.8) is 0 Å². The Morgan fingerprint density at radius 1 is 1.08 bits per heavy atom. The van der Waals surface area contributed by atoms with E-state index in [2.05, 4.69) is 14.8 Å². The van der Waals surface area contributed by atoms with Crippen LogP contribution in [0.2, 0.25) is 5.15 Å². The average Bonchev–Trinajstić information content (AvgIpc) is 3.34. The summed E-state index contributed by atoms with van der Waals surface area (Å²) in [6, 6.07) is 1.89. The van der Waals surface area contributed by atoms with E-state index in [4.69, 9.17) is 21.3 Å². The van der Waals surface area contributed by atoms with Crippen molar-refractivity contribution in [1.29, 1.82) is 0 Å². The molecule has 6 heteroatoms. The van der Waals surface area contributed by atoms with Crippen molar-refractivity contribution in [3.8, 4) is 0 Å². The van der Waals surface area contributed by atoms with Gasteiger partial charge in [-0.05, 0) is 45.2 Å². The number of rotatable bonds is 6. The Bertz CT molecular complexity index is 560. The van der Waals surface area contributed by atoms with E-state index in [1.54, 1.807) is 0 Å². The maximum atomic E-state index is 6.19. The molecule has 24 heavy (non-hydrogen) atoms. The summed E-state index contributed by atoms with van der Waals surface area (Å²) in [5.41, 5.74) is 0. The highest BCUT2D eigenvalue weighted by molar-refractivity contribution is 6.29. The first kappa shape index (κ1) is 16.6. The van der Waals surface area contributed by atoms with Crippen LogP contribution in [0.4, 0.5) is 5.82 Å². The number of likely N-dealkylation sites (tertiary alicyclic amines) is 1. The summed E-state index contributed by atoms with van der Waals surface area (Å²) in [6.07, 6.45) is 7.85. The van der Waals surface area contributed by atoms with Gasteiger partial charge in [0.1, 0.15) is 16.8 Å². The minimum Gasteiger partial charge on any atom is -0.375 e. The van der Waals surface area contributed by atoms with Gasteiger partial charge in [-0.1, -0.05) is 18.0 Å². The van der Waals surface area contributed by atoms with E-state index in [0.29, 0.717) is 17.2 Å². The number of nitrogens with zero attached hydrogens (tertiary/aromatic N) is 4. The Morgan fingerprint density at radius 3 is 2.71 bits per heavy atom. The van der Waals surface area contributed by atoms with Crippen LogP contribution in [0.1, 0.15) is 50.3 Å². The molecule has 1 aromatic rings. The van der Waals surface area contributed by atoms with Gasteiger partial charge in [0.25, 0.3) is 0 Å². The first-order valence-electron chi connectivity index (χ1n) is 9.41. The summed E-state index contributed by atoms with van der Waals surface area (Å²) in [4.78, 5) is 13.9. The predicted molar refractivity (Wildman–Crippen MR) is 95.9 cm³/mol. The molecule has 0 spiro atoms. The monoisotopic (exact) mass is 350 g/mol. The van der Waals surface area contributed by atoms with Crippen molar-refractivity contribution in [2.45, 2.75) is 50.5 Å². The predicted octanol–water partition coefficient (Wildman–Crippen LogP) is 3.09. The van der Waals surface area contributed by atoms with E-state index in [1.165, 1.54) is 45.2 Å². The molecular formula is C18H27ClN4O. The maximum Gasteiger partial charge on any atom is 0.135 e. The Kier molecular flexibility index (Phi) is 5.20. The van der Waals surface area contributed by atoms with Gasteiger partial charge in [0.2, 0.25) is 0 Å². The normalized spacial score (nSPS) is 25.4. The zero-order valence-corrected chi connectivity index (χ0v) is 15.0. The summed E-state index contributed by atoms with van der Waals surface area (Å²) in [6.45, 7) is 6.30. The van der Waals surface area contributed by atoms with Crippen LogP contribution in [0.15, 0.2) is 6.07 Å². The first-order valence-corrected chi connectivity index (χ1v) is 9.79. The topological polar surface area (TPSA) is 41.5 Å². The van der Waals surface area contributed by atoms with Crippen molar-refractivity contribution in [2.24, 2.45) is 0 Å². The van der Waals surface area contributed by atoms with Gasteiger partial charge in [0.05, 0.1) is 12.7 Å². The van der Waals surface area contributed by atoms with Gasteiger partial charge in [-0.15, -0.1) is 0 Å². The van der Waals surface area contributed by atoms with Crippen LogP contribution in [-0.2, 0) is 4.74 Å². The van der Waals surface area contributed by atoms with Crippen LogP contribution in [-0.4, -0.2) is 60.3 Å². The molecule has 5 nitrogen and oxygen atoms in total. The number of piperidine rings is 1. The molecule has 3 heterocycles. The van der Waals surface area contributed by atoms with Gasteiger partial charge in [0.15, 0.2) is 0 Å². The number of ether oxygens (including phenoxy) is 1. The molecule has 3 fully saturated rings. The van der Waals surface area contributed by atoms with Crippen LogP contribution in [0.25, 0.3) is 0 Å². The minimum atomic E-state index is 0.313. The highest BCUT2D eigenvalue weighted by Crippen LogP contribution is 2.39. The third-order valence-electron chi connectivity index (χ3n) is 5.32.